The largest absolute Gasteiger partial charge is 0.399 e. The molecule has 0 radical (unpaired) electrons. The third kappa shape index (κ3) is 1.48. The minimum atomic E-state index is 0.467. The number of hydrogen-bond acceptors (Lipinski definition) is 3. The number of pyridine rings is 1. The van der Waals surface area contributed by atoms with Crippen LogP contribution < -0.4 is 10.6 Å². The minimum Gasteiger partial charge on any atom is -0.399 e. The molecule has 1 aliphatic heterocycles. The second-order valence-corrected chi connectivity index (χ2v) is 4.37. The Morgan fingerprint density at radius 1 is 1.31 bits per heavy atom. The summed E-state index contributed by atoms with van der Waals surface area (Å²) < 4.78 is 0. The van der Waals surface area contributed by atoms with Gasteiger partial charge in [0.15, 0.2) is 0 Å². The van der Waals surface area contributed by atoms with E-state index < -0.39 is 0 Å². The highest BCUT2D eigenvalue weighted by Gasteiger charge is 2.32. The third-order valence-electron chi connectivity index (χ3n) is 3.39. The topological polar surface area (TPSA) is 42.1 Å². The standard InChI is InChI=1S/C13H15N3/c14-11-1-2-13-10(9-11)5-8-16(13)12-3-6-15-7-4-12/h1-4,6-7,9-10,13H,5,8,14H2. The van der Waals surface area contributed by atoms with Crippen LogP contribution >= 0.6 is 0 Å². The van der Waals surface area contributed by atoms with Gasteiger partial charge in [0.1, 0.15) is 0 Å². The molecule has 1 fully saturated rings. The van der Waals surface area contributed by atoms with Gasteiger partial charge in [-0.15, -0.1) is 0 Å². The highest BCUT2D eigenvalue weighted by molar-refractivity contribution is 5.50. The fraction of sp³-hybridized carbons (Fsp3) is 0.308. The summed E-state index contributed by atoms with van der Waals surface area (Å²) in [5, 5.41) is 0. The molecule has 2 unspecified atom stereocenters. The minimum absolute atomic E-state index is 0.467. The van der Waals surface area contributed by atoms with Crippen LogP contribution in [0.1, 0.15) is 6.42 Å². The maximum Gasteiger partial charge on any atom is 0.0541 e. The fourth-order valence-electron chi connectivity index (χ4n) is 2.62. The zero-order valence-electron chi connectivity index (χ0n) is 9.08. The molecule has 2 heterocycles. The van der Waals surface area contributed by atoms with E-state index >= 15 is 0 Å². The molecule has 1 saturated heterocycles. The van der Waals surface area contributed by atoms with Crippen molar-refractivity contribution in [3.8, 4) is 0 Å². The Morgan fingerprint density at radius 2 is 2.12 bits per heavy atom. The molecule has 1 aliphatic carbocycles. The van der Waals surface area contributed by atoms with E-state index in [9.17, 15) is 0 Å². The van der Waals surface area contributed by atoms with Crippen LogP contribution in [0.3, 0.4) is 0 Å². The Morgan fingerprint density at radius 3 is 2.94 bits per heavy atom. The van der Waals surface area contributed by atoms with Crippen molar-refractivity contribution in [3.63, 3.8) is 0 Å². The van der Waals surface area contributed by atoms with Crippen molar-refractivity contribution in [2.24, 2.45) is 11.7 Å². The van der Waals surface area contributed by atoms with Crippen molar-refractivity contribution in [1.29, 1.82) is 0 Å². The Bertz CT molecular complexity index is 436. The second-order valence-electron chi connectivity index (χ2n) is 4.37. The molecular formula is C13H15N3. The van der Waals surface area contributed by atoms with E-state index in [2.05, 4.69) is 34.2 Å². The number of rotatable bonds is 1. The summed E-state index contributed by atoms with van der Waals surface area (Å²) in [7, 11) is 0. The highest BCUT2D eigenvalue weighted by atomic mass is 15.2. The van der Waals surface area contributed by atoms with Gasteiger partial charge in [-0.3, -0.25) is 4.98 Å². The van der Waals surface area contributed by atoms with Crippen LogP contribution in [0, 0.1) is 5.92 Å². The molecule has 3 nitrogen and oxygen atoms in total. The Labute approximate surface area is 95.3 Å². The first-order valence-corrected chi connectivity index (χ1v) is 5.67. The van der Waals surface area contributed by atoms with Gasteiger partial charge in [-0.25, -0.2) is 0 Å². The molecule has 2 aliphatic rings. The molecular weight excluding hydrogens is 198 g/mol. The molecule has 2 N–H and O–H groups in total. The van der Waals surface area contributed by atoms with Crippen LogP contribution in [0.4, 0.5) is 5.69 Å². The van der Waals surface area contributed by atoms with Gasteiger partial charge in [0.2, 0.25) is 0 Å². The molecule has 1 aromatic rings. The zero-order valence-corrected chi connectivity index (χ0v) is 9.08. The van der Waals surface area contributed by atoms with Crippen LogP contribution in [-0.2, 0) is 0 Å². The molecule has 82 valence electrons. The number of nitrogens with two attached hydrogens (primary N) is 1. The number of hydrogen-bond donors (Lipinski definition) is 1. The van der Waals surface area contributed by atoms with Gasteiger partial charge < -0.3 is 10.6 Å². The van der Waals surface area contributed by atoms with Crippen molar-refractivity contribution in [3.05, 3.63) is 48.5 Å². The van der Waals surface area contributed by atoms with Crippen LogP contribution in [0.2, 0.25) is 0 Å². The normalized spacial score (nSPS) is 27.8. The van der Waals surface area contributed by atoms with E-state index in [0.717, 1.165) is 12.2 Å². The van der Waals surface area contributed by atoms with Crippen molar-refractivity contribution in [2.75, 3.05) is 11.4 Å². The van der Waals surface area contributed by atoms with E-state index in [0.29, 0.717) is 12.0 Å². The first-order chi connectivity index (χ1) is 7.84. The van der Waals surface area contributed by atoms with Gasteiger partial charge in [-0.05, 0) is 24.6 Å². The van der Waals surface area contributed by atoms with E-state index in [1.54, 1.807) is 0 Å². The summed E-state index contributed by atoms with van der Waals surface area (Å²) in [5.41, 5.74) is 7.97. The Hall–Kier alpha value is -1.77. The summed E-state index contributed by atoms with van der Waals surface area (Å²) in [6, 6.07) is 4.60. The summed E-state index contributed by atoms with van der Waals surface area (Å²) in [6.45, 7) is 1.09. The fourth-order valence-corrected chi connectivity index (χ4v) is 2.62. The average molecular weight is 213 g/mol. The highest BCUT2D eigenvalue weighted by Crippen LogP contribution is 2.33. The lowest BCUT2D eigenvalue weighted by Gasteiger charge is -2.28. The van der Waals surface area contributed by atoms with Crippen LogP contribution in [-0.4, -0.2) is 17.6 Å². The predicted octanol–water partition coefficient (Wildman–Crippen LogP) is 1.69. The molecule has 1 aromatic heterocycles. The molecule has 16 heavy (non-hydrogen) atoms. The first-order valence-electron chi connectivity index (χ1n) is 5.67. The first kappa shape index (κ1) is 9.46. The van der Waals surface area contributed by atoms with Gasteiger partial charge in [-0.2, -0.15) is 0 Å². The summed E-state index contributed by atoms with van der Waals surface area (Å²) in [5.74, 6) is 0.568. The van der Waals surface area contributed by atoms with Crippen molar-refractivity contribution in [2.45, 2.75) is 12.5 Å². The van der Waals surface area contributed by atoms with Gasteiger partial charge >= 0.3 is 0 Å². The molecule has 3 heteroatoms. The predicted molar refractivity (Wildman–Crippen MR) is 64.9 cm³/mol. The molecule has 0 spiro atoms. The SMILES string of the molecule is NC1=CC2CCN(c3ccncc3)C2C=C1. The van der Waals surface area contributed by atoms with Gasteiger partial charge in [0.05, 0.1) is 6.04 Å². The van der Waals surface area contributed by atoms with Gasteiger partial charge in [0.25, 0.3) is 0 Å². The van der Waals surface area contributed by atoms with E-state index in [1.165, 1.54) is 12.1 Å². The summed E-state index contributed by atoms with van der Waals surface area (Å²) in [4.78, 5) is 6.48. The average Bonchev–Trinajstić information content (AvgIpc) is 2.73. The zero-order chi connectivity index (χ0) is 11.0. The third-order valence-corrected chi connectivity index (χ3v) is 3.39. The number of aromatic nitrogens is 1. The lowest BCUT2D eigenvalue weighted by molar-refractivity contribution is 0.637. The van der Waals surface area contributed by atoms with Crippen LogP contribution in [0.25, 0.3) is 0 Å². The van der Waals surface area contributed by atoms with Crippen molar-refractivity contribution < 1.29 is 0 Å². The van der Waals surface area contributed by atoms with Crippen molar-refractivity contribution >= 4 is 5.69 Å². The van der Waals surface area contributed by atoms with E-state index in [-0.39, 0.29) is 0 Å². The Balaban J connectivity index is 1.88. The number of fused-ring (bicyclic) bond motifs is 1. The Kier molecular flexibility index (Phi) is 2.17. The molecule has 2 atom stereocenters. The smallest absolute Gasteiger partial charge is 0.0541 e. The molecule has 0 bridgehead atoms. The second kappa shape index (κ2) is 3.67. The lowest BCUT2D eigenvalue weighted by atomic mass is 9.94. The number of anilines is 1. The number of nitrogens with zero attached hydrogens (tertiary/aromatic N) is 2. The van der Waals surface area contributed by atoms with Crippen LogP contribution in [0.5, 0.6) is 0 Å². The van der Waals surface area contributed by atoms with Gasteiger partial charge in [-0.1, -0.05) is 12.2 Å². The maximum absolute atomic E-state index is 5.82. The van der Waals surface area contributed by atoms with Crippen LogP contribution in [0.15, 0.2) is 48.5 Å². The van der Waals surface area contributed by atoms with E-state index in [4.69, 9.17) is 5.73 Å². The van der Waals surface area contributed by atoms with Gasteiger partial charge in [0, 0.05) is 36.2 Å². The number of allylic oxidation sites excluding steroid dienone is 1. The maximum atomic E-state index is 5.82. The summed E-state index contributed by atoms with van der Waals surface area (Å²) >= 11 is 0. The quantitative estimate of drug-likeness (QED) is 0.772. The molecule has 0 amide bonds. The lowest BCUT2D eigenvalue weighted by Crippen LogP contribution is -2.32. The monoisotopic (exact) mass is 213 g/mol. The molecule has 0 saturated carbocycles. The van der Waals surface area contributed by atoms with E-state index in [1.807, 2.05) is 18.5 Å². The summed E-state index contributed by atoms with van der Waals surface area (Å²) in [6.07, 6.45) is 11.3. The van der Waals surface area contributed by atoms with Crippen molar-refractivity contribution in [1.82, 2.24) is 4.98 Å². The molecule has 0 aromatic carbocycles. The molecule has 3 rings (SSSR count).